The molecule has 15 nitrogen and oxygen atoms in total. The second-order valence-electron chi connectivity index (χ2n) is 7.14. The van der Waals surface area contributed by atoms with E-state index < -0.39 is 94.9 Å². The van der Waals surface area contributed by atoms with Crippen LogP contribution in [0.1, 0.15) is 0 Å². The van der Waals surface area contributed by atoms with E-state index in [-0.39, 0.29) is 0 Å². The van der Waals surface area contributed by atoms with Crippen molar-refractivity contribution < 1.29 is 70.1 Å². The van der Waals surface area contributed by atoms with Gasteiger partial charge in [0.15, 0.2) is 12.6 Å². The predicted octanol–water partition coefficient (Wildman–Crippen LogP) is -5.43. The Balaban J connectivity index is 2.11. The van der Waals surface area contributed by atoms with Gasteiger partial charge in [0.1, 0.15) is 48.8 Å². The van der Waals surface area contributed by atoms with Crippen LogP contribution in [0.4, 0.5) is 0 Å². The van der Waals surface area contributed by atoms with E-state index in [1.54, 1.807) is 0 Å². The first-order valence-electron chi connectivity index (χ1n) is 8.84. The summed E-state index contributed by atoms with van der Waals surface area (Å²) in [6.07, 6.45) is -16.2. The standard InChI is InChI=1S/C14H26O15S2/c1-30(21,22)25-3-5-7(15)9(17)11(19)13(27-5)29-14-12(20)10(18)8(16)6(28-14)4-26-31(2,23)24/h5-20H,3-4H2,1-2H3/t5-,6-,7-,8-,9+,10+,11-,12-,13+,14+/m0/s1. The van der Waals surface area contributed by atoms with Gasteiger partial charge in [-0.1, -0.05) is 0 Å². The molecule has 6 N–H and O–H groups in total. The number of ether oxygens (including phenoxy) is 3. The molecule has 0 radical (unpaired) electrons. The fraction of sp³-hybridized carbons (Fsp3) is 1.00. The van der Waals surface area contributed by atoms with Crippen LogP contribution in [0, 0.1) is 0 Å². The molecule has 2 aliphatic heterocycles. The molecule has 2 saturated heterocycles. The van der Waals surface area contributed by atoms with Gasteiger partial charge in [-0.2, -0.15) is 16.8 Å². The lowest BCUT2D eigenvalue weighted by molar-refractivity contribution is -0.375. The van der Waals surface area contributed by atoms with Gasteiger partial charge in [-0.15, -0.1) is 0 Å². The highest BCUT2D eigenvalue weighted by Crippen LogP contribution is 2.28. The third kappa shape index (κ3) is 7.22. The van der Waals surface area contributed by atoms with Crippen molar-refractivity contribution in [2.24, 2.45) is 0 Å². The van der Waals surface area contributed by atoms with E-state index in [4.69, 9.17) is 14.2 Å². The first kappa shape index (κ1) is 26.7. The molecule has 0 aromatic carbocycles. The Morgan fingerprint density at radius 1 is 0.613 bits per heavy atom. The average molecular weight is 498 g/mol. The quantitative estimate of drug-likeness (QED) is 0.171. The maximum Gasteiger partial charge on any atom is 0.264 e. The summed E-state index contributed by atoms with van der Waals surface area (Å²) in [6, 6.07) is 0. The van der Waals surface area contributed by atoms with E-state index in [1.807, 2.05) is 0 Å². The van der Waals surface area contributed by atoms with Crippen LogP contribution in [0.5, 0.6) is 0 Å². The predicted molar refractivity (Wildman–Crippen MR) is 96.0 cm³/mol. The molecule has 0 amide bonds. The van der Waals surface area contributed by atoms with Gasteiger partial charge in [0.05, 0.1) is 25.7 Å². The number of hydrogen-bond donors (Lipinski definition) is 6. The Bertz CT molecular complexity index is 735. The molecule has 0 bridgehead atoms. The van der Waals surface area contributed by atoms with Gasteiger partial charge in [-0.05, 0) is 0 Å². The van der Waals surface area contributed by atoms with Crippen molar-refractivity contribution in [1.82, 2.24) is 0 Å². The number of hydrogen-bond acceptors (Lipinski definition) is 15. The van der Waals surface area contributed by atoms with Crippen LogP contribution in [0.25, 0.3) is 0 Å². The van der Waals surface area contributed by atoms with E-state index in [0.717, 1.165) is 12.5 Å². The Morgan fingerprint density at radius 3 is 1.23 bits per heavy atom. The Hall–Kier alpha value is -0.540. The Labute approximate surface area is 177 Å². The fourth-order valence-corrected chi connectivity index (χ4v) is 3.61. The molecule has 0 unspecified atom stereocenters. The topological polar surface area (TPSA) is 236 Å². The summed E-state index contributed by atoms with van der Waals surface area (Å²) in [6.45, 7) is -1.49. The third-order valence-corrected chi connectivity index (χ3v) is 5.63. The monoisotopic (exact) mass is 498 g/mol. The summed E-state index contributed by atoms with van der Waals surface area (Å²) in [7, 11) is -7.87. The molecule has 0 spiro atoms. The number of rotatable bonds is 8. The van der Waals surface area contributed by atoms with Crippen LogP contribution in [0.2, 0.25) is 0 Å². The maximum atomic E-state index is 11.1. The highest BCUT2D eigenvalue weighted by Gasteiger charge is 2.50. The van der Waals surface area contributed by atoms with Crippen LogP contribution in [-0.4, -0.2) is 135 Å². The summed E-state index contributed by atoms with van der Waals surface area (Å²) in [5.41, 5.74) is 0. The molecule has 184 valence electrons. The van der Waals surface area contributed by atoms with Crippen LogP contribution in [0.15, 0.2) is 0 Å². The SMILES string of the molecule is CS(=O)(=O)OC[C@@H]1O[C@H](O[C@H]2O[C@@H](COS(C)(=O)=O)[C@H](O)[C@@H](O)[C@@H]2O)[C@@H](O)[C@H](O)[C@H]1O. The molecule has 10 atom stereocenters. The third-order valence-electron chi connectivity index (χ3n) is 4.50. The molecule has 2 aliphatic rings. The lowest BCUT2D eigenvalue weighted by atomic mass is 9.98. The molecule has 2 fully saturated rings. The van der Waals surface area contributed by atoms with Gasteiger partial charge in [-0.25, -0.2) is 0 Å². The average Bonchev–Trinajstić information content (AvgIpc) is 2.65. The van der Waals surface area contributed by atoms with Gasteiger partial charge in [0, 0.05) is 0 Å². The second kappa shape index (κ2) is 10.2. The molecule has 31 heavy (non-hydrogen) atoms. The Morgan fingerprint density at radius 2 is 0.935 bits per heavy atom. The number of aliphatic hydroxyl groups excluding tert-OH is 6. The minimum atomic E-state index is -3.94. The van der Waals surface area contributed by atoms with Crippen molar-refractivity contribution in [3.05, 3.63) is 0 Å². The van der Waals surface area contributed by atoms with E-state index in [9.17, 15) is 47.5 Å². The molecule has 2 rings (SSSR count). The molecular weight excluding hydrogens is 472 g/mol. The summed E-state index contributed by atoms with van der Waals surface area (Å²) in [4.78, 5) is 0. The summed E-state index contributed by atoms with van der Waals surface area (Å²) >= 11 is 0. The second-order valence-corrected chi connectivity index (χ2v) is 10.4. The zero-order valence-corrected chi connectivity index (χ0v) is 18.0. The first-order valence-corrected chi connectivity index (χ1v) is 12.5. The molecule has 0 aromatic rings. The van der Waals surface area contributed by atoms with Crippen molar-refractivity contribution in [3.63, 3.8) is 0 Å². The zero-order chi connectivity index (χ0) is 23.7. The van der Waals surface area contributed by atoms with Gasteiger partial charge in [0.25, 0.3) is 20.2 Å². The largest absolute Gasteiger partial charge is 0.387 e. The van der Waals surface area contributed by atoms with Crippen LogP contribution >= 0.6 is 0 Å². The van der Waals surface area contributed by atoms with Crippen molar-refractivity contribution in [3.8, 4) is 0 Å². The van der Waals surface area contributed by atoms with Crippen molar-refractivity contribution in [2.75, 3.05) is 25.7 Å². The Kier molecular flexibility index (Phi) is 8.75. The molecule has 17 heteroatoms. The van der Waals surface area contributed by atoms with Gasteiger partial charge in [-0.3, -0.25) is 8.37 Å². The molecule has 0 saturated carbocycles. The van der Waals surface area contributed by atoms with Crippen molar-refractivity contribution in [1.29, 1.82) is 0 Å². The van der Waals surface area contributed by atoms with Gasteiger partial charge in [0.2, 0.25) is 0 Å². The lowest BCUT2D eigenvalue weighted by Gasteiger charge is -2.44. The van der Waals surface area contributed by atoms with E-state index >= 15 is 0 Å². The minimum absolute atomic E-state index is 0.735. The van der Waals surface area contributed by atoms with Crippen LogP contribution in [0.3, 0.4) is 0 Å². The normalized spacial score (nSPS) is 42.5. The van der Waals surface area contributed by atoms with Crippen LogP contribution in [-0.2, 0) is 42.8 Å². The van der Waals surface area contributed by atoms with Gasteiger partial charge >= 0.3 is 0 Å². The number of aliphatic hydroxyl groups is 6. The summed E-state index contributed by atoms with van der Waals surface area (Å²) in [5.74, 6) is 0. The molecule has 0 aliphatic carbocycles. The molecular formula is C14H26O15S2. The molecule has 2 heterocycles. The fourth-order valence-electron chi connectivity index (χ4n) is 2.85. The van der Waals surface area contributed by atoms with E-state index in [2.05, 4.69) is 8.37 Å². The minimum Gasteiger partial charge on any atom is -0.387 e. The van der Waals surface area contributed by atoms with Crippen molar-refractivity contribution in [2.45, 2.75) is 61.4 Å². The van der Waals surface area contributed by atoms with Crippen LogP contribution < -0.4 is 0 Å². The van der Waals surface area contributed by atoms with Gasteiger partial charge < -0.3 is 44.8 Å². The smallest absolute Gasteiger partial charge is 0.264 e. The van der Waals surface area contributed by atoms with Crippen molar-refractivity contribution >= 4 is 20.2 Å². The maximum absolute atomic E-state index is 11.1. The highest BCUT2D eigenvalue weighted by molar-refractivity contribution is 7.86. The lowest BCUT2D eigenvalue weighted by Crippen LogP contribution is -2.64. The molecule has 0 aromatic heterocycles. The summed E-state index contributed by atoms with van der Waals surface area (Å²) in [5, 5.41) is 60.1. The zero-order valence-electron chi connectivity index (χ0n) is 16.4. The van der Waals surface area contributed by atoms with E-state index in [1.165, 1.54) is 0 Å². The summed E-state index contributed by atoms with van der Waals surface area (Å²) < 4.78 is 69.2. The van der Waals surface area contributed by atoms with E-state index in [0.29, 0.717) is 0 Å². The highest BCUT2D eigenvalue weighted by atomic mass is 32.2. The first-order chi connectivity index (χ1) is 14.1.